The first-order valence-electron chi connectivity index (χ1n) is 9.84. The first-order valence-corrected chi connectivity index (χ1v) is 11.3. The molecular weight excluding hydrogens is 392 g/mol. The Bertz CT molecular complexity index is 1080. The van der Waals surface area contributed by atoms with E-state index in [9.17, 15) is 13.2 Å². The van der Waals surface area contributed by atoms with E-state index in [1.807, 2.05) is 0 Å². The Labute approximate surface area is 169 Å². The lowest BCUT2D eigenvalue weighted by Gasteiger charge is -2.17. The Kier molecular flexibility index (Phi) is 4.48. The maximum Gasteiger partial charge on any atom is 0.240 e. The summed E-state index contributed by atoms with van der Waals surface area (Å²) in [5, 5.41) is 2.90. The minimum Gasteiger partial charge on any atom is -0.454 e. The Morgan fingerprint density at radius 3 is 2.66 bits per heavy atom. The van der Waals surface area contributed by atoms with Gasteiger partial charge in [-0.25, -0.2) is 13.1 Å². The smallest absolute Gasteiger partial charge is 0.240 e. The molecule has 3 aliphatic rings. The van der Waals surface area contributed by atoms with Gasteiger partial charge in [0.15, 0.2) is 11.5 Å². The third kappa shape index (κ3) is 3.36. The SMILES string of the molecule is O=C1Nc2ccc(S(=O)(=O)NCc3ccc4c(c3)OCO4)cc2C1C1CCCC1. The van der Waals surface area contributed by atoms with E-state index in [1.54, 1.807) is 30.3 Å². The Morgan fingerprint density at radius 1 is 1.03 bits per heavy atom. The molecule has 2 aromatic carbocycles. The molecule has 2 aliphatic heterocycles. The molecule has 1 amide bonds. The van der Waals surface area contributed by atoms with Crippen LogP contribution in [0.3, 0.4) is 0 Å². The van der Waals surface area contributed by atoms with Gasteiger partial charge in [0, 0.05) is 12.2 Å². The van der Waals surface area contributed by atoms with Crippen molar-refractivity contribution in [1.29, 1.82) is 0 Å². The average molecular weight is 414 g/mol. The molecule has 1 aliphatic carbocycles. The fourth-order valence-corrected chi connectivity index (χ4v) is 5.55. The molecule has 8 heteroatoms. The van der Waals surface area contributed by atoms with E-state index in [2.05, 4.69) is 10.0 Å². The van der Waals surface area contributed by atoms with E-state index < -0.39 is 10.0 Å². The van der Waals surface area contributed by atoms with Crippen LogP contribution < -0.4 is 19.5 Å². The van der Waals surface area contributed by atoms with E-state index in [0.717, 1.165) is 42.5 Å². The predicted molar refractivity (Wildman–Crippen MR) is 106 cm³/mol. The zero-order valence-corrected chi connectivity index (χ0v) is 16.6. The van der Waals surface area contributed by atoms with E-state index in [4.69, 9.17) is 9.47 Å². The highest BCUT2D eigenvalue weighted by atomic mass is 32.2. The van der Waals surface area contributed by atoms with Crippen molar-refractivity contribution in [3.63, 3.8) is 0 Å². The number of anilines is 1. The number of carbonyl (C=O) groups excluding carboxylic acids is 1. The average Bonchev–Trinajstić information content (AvgIpc) is 3.44. The summed E-state index contributed by atoms with van der Waals surface area (Å²) in [5.41, 5.74) is 2.30. The minimum atomic E-state index is -3.72. The van der Waals surface area contributed by atoms with E-state index in [1.165, 1.54) is 6.07 Å². The number of amides is 1. The lowest BCUT2D eigenvalue weighted by molar-refractivity contribution is -0.118. The number of rotatable bonds is 5. The molecule has 7 nitrogen and oxygen atoms in total. The highest BCUT2D eigenvalue weighted by Gasteiger charge is 2.38. The molecule has 2 aromatic rings. The van der Waals surface area contributed by atoms with Crippen LogP contribution in [0, 0.1) is 5.92 Å². The van der Waals surface area contributed by atoms with Gasteiger partial charge in [0.05, 0.1) is 10.8 Å². The largest absolute Gasteiger partial charge is 0.454 e. The molecule has 29 heavy (non-hydrogen) atoms. The van der Waals surface area contributed by atoms with Crippen molar-refractivity contribution >= 4 is 21.6 Å². The zero-order chi connectivity index (χ0) is 20.0. The third-order valence-electron chi connectivity index (χ3n) is 5.98. The van der Waals surface area contributed by atoms with Crippen LogP contribution in [0.15, 0.2) is 41.3 Å². The molecule has 1 fully saturated rings. The number of ether oxygens (including phenoxy) is 2. The van der Waals surface area contributed by atoms with Crippen molar-refractivity contribution in [2.75, 3.05) is 12.1 Å². The lowest BCUT2D eigenvalue weighted by atomic mass is 9.86. The van der Waals surface area contributed by atoms with Gasteiger partial charge in [-0.1, -0.05) is 18.9 Å². The van der Waals surface area contributed by atoms with Crippen molar-refractivity contribution < 1.29 is 22.7 Å². The quantitative estimate of drug-likeness (QED) is 0.784. The topological polar surface area (TPSA) is 93.7 Å². The van der Waals surface area contributed by atoms with E-state index in [0.29, 0.717) is 11.5 Å². The third-order valence-corrected chi connectivity index (χ3v) is 7.38. The van der Waals surface area contributed by atoms with Crippen LogP contribution in [0.1, 0.15) is 42.7 Å². The maximum atomic E-state index is 12.9. The Balaban J connectivity index is 1.37. The molecule has 0 spiro atoms. The predicted octanol–water partition coefficient (Wildman–Crippen LogP) is 3.12. The van der Waals surface area contributed by atoms with Crippen LogP contribution in [0.25, 0.3) is 0 Å². The summed E-state index contributed by atoms with van der Waals surface area (Å²) >= 11 is 0. The van der Waals surface area contributed by atoms with Gasteiger partial charge in [-0.05, 0) is 60.2 Å². The van der Waals surface area contributed by atoms with Crippen LogP contribution in [0.5, 0.6) is 11.5 Å². The maximum absolute atomic E-state index is 12.9. The molecule has 5 rings (SSSR count). The second-order valence-electron chi connectivity index (χ2n) is 7.77. The van der Waals surface area contributed by atoms with Crippen molar-refractivity contribution in [2.45, 2.75) is 43.0 Å². The standard InChI is InChI=1S/C21H22N2O5S/c24-21-20(14-3-1-2-4-14)16-10-15(6-7-17(16)23-21)29(25,26)22-11-13-5-8-18-19(9-13)28-12-27-18/h5-10,14,20,22H,1-4,11-12H2,(H,23,24). The monoisotopic (exact) mass is 414 g/mol. The fraction of sp³-hybridized carbons (Fsp3) is 0.381. The van der Waals surface area contributed by atoms with Crippen molar-refractivity contribution in [3.05, 3.63) is 47.5 Å². The summed E-state index contributed by atoms with van der Waals surface area (Å²) < 4.78 is 39.0. The number of carbonyl (C=O) groups is 1. The number of fused-ring (bicyclic) bond motifs is 2. The highest BCUT2D eigenvalue weighted by Crippen LogP contribution is 2.44. The molecule has 1 unspecified atom stereocenters. The fourth-order valence-electron chi connectivity index (χ4n) is 4.50. The molecule has 152 valence electrons. The Morgan fingerprint density at radius 2 is 1.83 bits per heavy atom. The van der Waals surface area contributed by atoms with Gasteiger partial charge in [0.2, 0.25) is 22.7 Å². The first-order chi connectivity index (χ1) is 14.0. The lowest BCUT2D eigenvalue weighted by Crippen LogP contribution is -2.23. The number of benzene rings is 2. The first kappa shape index (κ1) is 18.4. The van der Waals surface area contributed by atoms with Crippen molar-refractivity contribution in [3.8, 4) is 11.5 Å². The Hall–Kier alpha value is -2.58. The number of hydrogen-bond acceptors (Lipinski definition) is 5. The van der Waals surface area contributed by atoms with Crippen LogP contribution in [0.2, 0.25) is 0 Å². The molecule has 0 radical (unpaired) electrons. The molecule has 0 bridgehead atoms. The summed E-state index contributed by atoms with van der Waals surface area (Å²) in [6, 6.07) is 10.2. The summed E-state index contributed by atoms with van der Waals surface area (Å²) in [5.74, 6) is 1.29. The molecule has 2 heterocycles. The van der Waals surface area contributed by atoms with Crippen LogP contribution >= 0.6 is 0 Å². The van der Waals surface area contributed by atoms with E-state index in [-0.39, 0.29) is 36.0 Å². The van der Waals surface area contributed by atoms with Gasteiger partial charge in [0.25, 0.3) is 0 Å². The number of nitrogens with one attached hydrogen (secondary N) is 2. The summed E-state index contributed by atoms with van der Waals surface area (Å²) in [6.45, 7) is 0.313. The van der Waals surface area contributed by atoms with Crippen molar-refractivity contribution in [1.82, 2.24) is 4.72 Å². The van der Waals surface area contributed by atoms with Gasteiger partial charge in [-0.3, -0.25) is 4.79 Å². The summed E-state index contributed by atoms with van der Waals surface area (Å²) in [7, 11) is -3.72. The number of hydrogen-bond donors (Lipinski definition) is 2. The second kappa shape index (κ2) is 7.03. The second-order valence-corrected chi connectivity index (χ2v) is 9.54. The summed E-state index contributed by atoms with van der Waals surface area (Å²) in [6.07, 6.45) is 4.27. The van der Waals surface area contributed by atoms with Crippen molar-refractivity contribution in [2.24, 2.45) is 5.92 Å². The molecular formula is C21H22N2O5S. The molecule has 1 atom stereocenters. The van der Waals surface area contributed by atoms with Gasteiger partial charge < -0.3 is 14.8 Å². The summed E-state index contributed by atoms with van der Waals surface area (Å²) in [4.78, 5) is 12.7. The number of sulfonamides is 1. The van der Waals surface area contributed by atoms with Gasteiger partial charge in [-0.2, -0.15) is 0 Å². The normalized spacial score (nSPS) is 20.7. The van der Waals surface area contributed by atoms with Gasteiger partial charge >= 0.3 is 0 Å². The van der Waals surface area contributed by atoms with Gasteiger partial charge in [0.1, 0.15) is 0 Å². The van der Waals surface area contributed by atoms with Crippen LogP contribution in [0.4, 0.5) is 5.69 Å². The zero-order valence-electron chi connectivity index (χ0n) is 15.8. The van der Waals surface area contributed by atoms with Gasteiger partial charge in [-0.15, -0.1) is 0 Å². The minimum absolute atomic E-state index is 0.0187. The molecule has 2 N–H and O–H groups in total. The van der Waals surface area contributed by atoms with E-state index >= 15 is 0 Å². The van der Waals surface area contributed by atoms with Crippen LogP contribution in [-0.2, 0) is 21.4 Å². The molecule has 1 saturated carbocycles. The highest BCUT2D eigenvalue weighted by molar-refractivity contribution is 7.89. The molecule has 0 saturated heterocycles. The molecule has 0 aromatic heterocycles. The van der Waals surface area contributed by atoms with Crippen LogP contribution in [-0.4, -0.2) is 21.1 Å².